The average Bonchev–Trinajstić information content (AvgIpc) is 2.45. The highest BCUT2D eigenvalue weighted by Crippen LogP contribution is 2.32. The minimum absolute atomic E-state index is 0.0427. The number of likely N-dealkylation sites (tertiary alicyclic amines) is 1. The fraction of sp³-hybridized carbons (Fsp3) is 0.500. The molecule has 1 fully saturated rings. The second-order valence-corrected chi connectivity index (χ2v) is 5.08. The van der Waals surface area contributed by atoms with Crippen LogP contribution in [0.2, 0.25) is 0 Å². The van der Waals surface area contributed by atoms with Crippen molar-refractivity contribution in [1.82, 2.24) is 4.90 Å². The first-order valence-electron chi connectivity index (χ1n) is 6.67. The second kappa shape index (κ2) is 6.34. The molecule has 0 saturated carbocycles. The summed E-state index contributed by atoms with van der Waals surface area (Å²) in [4.78, 5) is 12.6. The second-order valence-electron chi connectivity index (χ2n) is 5.08. The minimum atomic E-state index is -4.50. The van der Waals surface area contributed by atoms with Crippen LogP contribution in [0.25, 0.3) is 0 Å². The van der Waals surface area contributed by atoms with Gasteiger partial charge in [0.25, 0.3) is 0 Å². The topological polar surface area (TPSA) is 55.6 Å². The van der Waals surface area contributed by atoms with E-state index in [1.165, 1.54) is 0 Å². The van der Waals surface area contributed by atoms with Crippen molar-refractivity contribution in [1.29, 1.82) is 0 Å². The van der Waals surface area contributed by atoms with E-state index in [1.54, 1.807) is 30.3 Å². The van der Waals surface area contributed by atoms with Gasteiger partial charge < -0.3 is 10.5 Å². The number of halogens is 3. The molecule has 116 valence electrons. The van der Waals surface area contributed by atoms with E-state index >= 15 is 0 Å². The van der Waals surface area contributed by atoms with Gasteiger partial charge in [-0.25, -0.2) is 4.79 Å². The molecule has 0 spiro atoms. The Kier molecular flexibility index (Phi) is 4.72. The van der Waals surface area contributed by atoms with Crippen molar-refractivity contribution < 1.29 is 22.7 Å². The van der Waals surface area contributed by atoms with Gasteiger partial charge in [0.05, 0.1) is 0 Å². The number of nitrogens with zero attached hydrogens (tertiary/aromatic N) is 1. The monoisotopic (exact) mass is 302 g/mol. The molecule has 1 heterocycles. The average molecular weight is 302 g/mol. The van der Waals surface area contributed by atoms with Gasteiger partial charge in [-0.1, -0.05) is 30.3 Å². The lowest BCUT2D eigenvalue weighted by molar-refractivity contribution is -0.187. The number of piperidine rings is 1. The summed E-state index contributed by atoms with van der Waals surface area (Å²) in [6.07, 6.45) is -5.39. The Bertz CT molecular complexity index is 479. The lowest BCUT2D eigenvalue weighted by atomic mass is 9.98. The Balaban J connectivity index is 1.99. The maximum atomic E-state index is 13.0. The standard InChI is InChI=1S/C14H17F3N2O2/c15-14(16,17)12-8-11(18)6-7-19(12)13(20)21-9-10-4-2-1-3-5-10/h1-5,11-12H,6-9,18H2/t11-,12-/m0/s1. The lowest BCUT2D eigenvalue weighted by Crippen LogP contribution is -2.55. The molecule has 1 aliphatic heterocycles. The van der Waals surface area contributed by atoms with E-state index in [-0.39, 0.29) is 19.6 Å². The molecule has 1 aliphatic rings. The highest BCUT2D eigenvalue weighted by molar-refractivity contribution is 5.68. The molecule has 1 aromatic rings. The highest BCUT2D eigenvalue weighted by Gasteiger charge is 2.48. The van der Waals surface area contributed by atoms with Gasteiger partial charge in [-0.3, -0.25) is 4.90 Å². The Morgan fingerprint density at radius 3 is 2.62 bits per heavy atom. The number of alkyl halides is 3. The molecular weight excluding hydrogens is 285 g/mol. The summed E-state index contributed by atoms with van der Waals surface area (Å²) >= 11 is 0. The molecule has 2 atom stereocenters. The Hall–Kier alpha value is -1.76. The number of carbonyl (C=O) groups excluding carboxylic acids is 1. The van der Waals surface area contributed by atoms with Crippen LogP contribution in [0.4, 0.5) is 18.0 Å². The molecule has 0 unspecified atom stereocenters. The van der Waals surface area contributed by atoms with Crippen molar-refractivity contribution in [2.24, 2.45) is 5.73 Å². The molecule has 7 heteroatoms. The first kappa shape index (κ1) is 15.6. The summed E-state index contributed by atoms with van der Waals surface area (Å²) in [7, 11) is 0. The number of rotatable bonds is 2. The summed E-state index contributed by atoms with van der Waals surface area (Å²) in [5.74, 6) is 0. The summed E-state index contributed by atoms with van der Waals surface area (Å²) in [5, 5.41) is 0. The molecule has 0 bridgehead atoms. The van der Waals surface area contributed by atoms with Gasteiger partial charge in [-0.05, 0) is 18.4 Å². The third-order valence-corrected chi connectivity index (χ3v) is 3.46. The van der Waals surface area contributed by atoms with Crippen LogP contribution in [0.3, 0.4) is 0 Å². The van der Waals surface area contributed by atoms with Crippen LogP contribution in [-0.4, -0.2) is 35.8 Å². The Morgan fingerprint density at radius 2 is 2.00 bits per heavy atom. The normalized spacial score (nSPS) is 23.0. The molecule has 1 aromatic carbocycles. The third kappa shape index (κ3) is 4.10. The van der Waals surface area contributed by atoms with Crippen molar-refractivity contribution >= 4 is 6.09 Å². The smallest absolute Gasteiger partial charge is 0.410 e. The van der Waals surface area contributed by atoms with Crippen molar-refractivity contribution in [3.05, 3.63) is 35.9 Å². The summed E-state index contributed by atoms with van der Waals surface area (Å²) in [6.45, 7) is -0.0915. The van der Waals surface area contributed by atoms with Gasteiger partial charge in [0.2, 0.25) is 0 Å². The van der Waals surface area contributed by atoms with Crippen molar-refractivity contribution in [2.45, 2.75) is 37.7 Å². The van der Waals surface area contributed by atoms with Crippen LogP contribution in [-0.2, 0) is 11.3 Å². The number of benzene rings is 1. The first-order valence-corrected chi connectivity index (χ1v) is 6.67. The zero-order valence-corrected chi connectivity index (χ0v) is 11.3. The van der Waals surface area contributed by atoms with Crippen LogP contribution >= 0.6 is 0 Å². The molecule has 1 saturated heterocycles. The number of hydrogen-bond acceptors (Lipinski definition) is 3. The first-order chi connectivity index (χ1) is 9.88. The molecule has 21 heavy (non-hydrogen) atoms. The van der Waals surface area contributed by atoms with Gasteiger partial charge >= 0.3 is 12.3 Å². The van der Waals surface area contributed by atoms with Crippen LogP contribution < -0.4 is 5.73 Å². The number of carbonyl (C=O) groups is 1. The molecule has 1 amide bonds. The van der Waals surface area contributed by atoms with Gasteiger partial charge in [0.15, 0.2) is 0 Å². The predicted octanol–water partition coefficient (Wildman–Crippen LogP) is 2.68. The van der Waals surface area contributed by atoms with Crippen LogP contribution in [0.5, 0.6) is 0 Å². The third-order valence-electron chi connectivity index (χ3n) is 3.46. The quantitative estimate of drug-likeness (QED) is 0.914. The fourth-order valence-electron chi connectivity index (χ4n) is 2.32. The van der Waals surface area contributed by atoms with E-state index in [1.807, 2.05) is 0 Å². The molecule has 0 aromatic heterocycles. The summed E-state index contributed by atoms with van der Waals surface area (Å²) in [6, 6.07) is 6.39. The van der Waals surface area contributed by atoms with Crippen LogP contribution in [0.15, 0.2) is 30.3 Å². The van der Waals surface area contributed by atoms with E-state index in [9.17, 15) is 18.0 Å². The molecule has 2 rings (SSSR count). The molecule has 0 radical (unpaired) electrons. The van der Waals surface area contributed by atoms with E-state index in [0.717, 1.165) is 10.5 Å². The Labute approximate surface area is 120 Å². The highest BCUT2D eigenvalue weighted by atomic mass is 19.4. The van der Waals surface area contributed by atoms with Crippen LogP contribution in [0.1, 0.15) is 18.4 Å². The van der Waals surface area contributed by atoms with Crippen molar-refractivity contribution in [3.8, 4) is 0 Å². The summed E-state index contributed by atoms with van der Waals surface area (Å²) < 4.78 is 43.9. The number of ether oxygens (including phenoxy) is 1. The van der Waals surface area contributed by atoms with E-state index in [0.29, 0.717) is 6.42 Å². The SMILES string of the molecule is N[C@H]1CCN(C(=O)OCc2ccccc2)[C@H](C(F)(F)F)C1. The van der Waals surface area contributed by atoms with E-state index < -0.39 is 24.4 Å². The van der Waals surface area contributed by atoms with Gasteiger partial charge in [-0.15, -0.1) is 0 Å². The van der Waals surface area contributed by atoms with Gasteiger partial charge in [0, 0.05) is 12.6 Å². The molecule has 4 nitrogen and oxygen atoms in total. The number of hydrogen-bond donors (Lipinski definition) is 1. The van der Waals surface area contributed by atoms with Crippen LogP contribution in [0, 0.1) is 0 Å². The van der Waals surface area contributed by atoms with Crippen molar-refractivity contribution in [3.63, 3.8) is 0 Å². The predicted molar refractivity (Wildman–Crippen MR) is 70.4 cm³/mol. The maximum Gasteiger partial charge on any atom is 0.410 e. The van der Waals surface area contributed by atoms with E-state index in [2.05, 4.69) is 0 Å². The molecular formula is C14H17F3N2O2. The lowest BCUT2D eigenvalue weighted by Gasteiger charge is -2.38. The minimum Gasteiger partial charge on any atom is -0.445 e. The zero-order valence-electron chi connectivity index (χ0n) is 11.3. The molecule has 0 aliphatic carbocycles. The maximum absolute atomic E-state index is 13.0. The Morgan fingerprint density at radius 1 is 1.33 bits per heavy atom. The summed E-state index contributed by atoms with van der Waals surface area (Å²) in [5.41, 5.74) is 6.30. The largest absolute Gasteiger partial charge is 0.445 e. The fourth-order valence-corrected chi connectivity index (χ4v) is 2.32. The van der Waals surface area contributed by atoms with Gasteiger partial charge in [-0.2, -0.15) is 13.2 Å². The molecule has 2 N–H and O–H groups in total. The number of nitrogens with two attached hydrogens (primary N) is 1. The van der Waals surface area contributed by atoms with Gasteiger partial charge in [0.1, 0.15) is 12.6 Å². The number of amides is 1. The van der Waals surface area contributed by atoms with Crippen molar-refractivity contribution in [2.75, 3.05) is 6.54 Å². The zero-order chi connectivity index (χ0) is 15.5. The van der Waals surface area contributed by atoms with E-state index in [4.69, 9.17) is 10.5 Å².